The molecular weight excluding hydrogens is 236 g/mol. The molecule has 0 spiro atoms. The molecule has 0 bridgehead atoms. The Labute approximate surface area is 104 Å². The molecule has 0 aliphatic heterocycles. The molecule has 3 heteroatoms. The number of hydrogen-bond acceptors (Lipinski definition) is 2. The fraction of sp³-hybridized carbons (Fsp3) is 0.143. The van der Waals surface area contributed by atoms with Crippen molar-refractivity contribution >= 4 is 33.5 Å². The third-order valence-corrected chi connectivity index (χ3v) is 2.85. The minimum Gasteiger partial charge on any atom is -0.492 e. The fourth-order valence-corrected chi connectivity index (χ4v) is 2.03. The molecule has 0 saturated heterocycles. The van der Waals surface area contributed by atoms with Gasteiger partial charge >= 0.3 is 0 Å². The molecular formula is C14H11ClO2. The van der Waals surface area contributed by atoms with Gasteiger partial charge in [-0.05, 0) is 24.3 Å². The van der Waals surface area contributed by atoms with Crippen LogP contribution in [0.5, 0.6) is 5.75 Å². The number of benzene rings is 2. The van der Waals surface area contributed by atoms with Crippen LogP contribution in [0.1, 0.15) is 0 Å². The van der Waals surface area contributed by atoms with Crippen LogP contribution in [-0.2, 0) is 0 Å². The Hall–Kier alpha value is -1.67. The quantitative estimate of drug-likeness (QED) is 0.646. The van der Waals surface area contributed by atoms with Crippen molar-refractivity contribution < 1.29 is 9.15 Å². The van der Waals surface area contributed by atoms with E-state index in [1.807, 2.05) is 42.5 Å². The van der Waals surface area contributed by atoms with Crippen LogP contribution in [0, 0.1) is 0 Å². The lowest BCUT2D eigenvalue weighted by Gasteiger charge is -2.02. The smallest absolute Gasteiger partial charge is 0.135 e. The van der Waals surface area contributed by atoms with E-state index < -0.39 is 0 Å². The minimum absolute atomic E-state index is 0.490. The van der Waals surface area contributed by atoms with Crippen molar-refractivity contribution in [1.29, 1.82) is 0 Å². The molecule has 0 atom stereocenters. The number of para-hydroxylation sites is 1. The normalized spacial score (nSPS) is 11.1. The van der Waals surface area contributed by atoms with E-state index in [1.54, 1.807) is 0 Å². The van der Waals surface area contributed by atoms with E-state index in [2.05, 4.69) is 0 Å². The third-order valence-electron chi connectivity index (χ3n) is 2.69. The Morgan fingerprint density at radius 3 is 2.71 bits per heavy atom. The summed E-state index contributed by atoms with van der Waals surface area (Å²) in [5, 5.41) is 2.19. The highest BCUT2D eigenvalue weighted by molar-refractivity contribution is 6.18. The Kier molecular flexibility index (Phi) is 2.65. The number of hydrogen-bond donors (Lipinski definition) is 0. The number of fused-ring (bicyclic) bond motifs is 3. The maximum atomic E-state index is 5.73. The lowest BCUT2D eigenvalue weighted by Crippen LogP contribution is -1.97. The maximum Gasteiger partial charge on any atom is 0.135 e. The second-order valence-corrected chi connectivity index (χ2v) is 4.17. The summed E-state index contributed by atoms with van der Waals surface area (Å²) in [7, 11) is 0. The van der Waals surface area contributed by atoms with Crippen molar-refractivity contribution in [2.45, 2.75) is 0 Å². The van der Waals surface area contributed by atoms with Gasteiger partial charge in [-0.2, -0.15) is 0 Å². The number of furan rings is 1. The first-order chi connectivity index (χ1) is 8.38. The van der Waals surface area contributed by atoms with Crippen molar-refractivity contribution in [1.82, 2.24) is 0 Å². The van der Waals surface area contributed by atoms with E-state index in [-0.39, 0.29) is 0 Å². The molecule has 2 aromatic carbocycles. The summed E-state index contributed by atoms with van der Waals surface area (Å²) in [6, 6.07) is 13.8. The fourth-order valence-electron chi connectivity index (χ4n) is 1.95. The first kappa shape index (κ1) is 10.5. The average Bonchev–Trinajstić information content (AvgIpc) is 2.74. The molecule has 0 aliphatic rings. The van der Waals surface area contributed by atoms with E-state index >= 15 is 0 Å². The lowest BCUT2D eigenvalue weighted by atomic mass is 10.1. The molecule has 0 amide bonds. The van der Waals surface area contributed by atoms with Gasteiger partial charge in [-0.1, -0.05) is 18.2 Å². The second kappa shape index (κ2) is 4.30. The van der Waals surface area contributed by atoms with Gasteiger partial charge in [0.15, 0.2) is 0 Å². The molecule has 0 radical (unpaired) electrons. The number of halogens is 1. The molecule has 2 nitrogen and oxygen atoms in total. The summed E-state index contributed by atoms with van der Waals surface area (Å²) >= 11 is 5.60. The summed E-state index contributed by atoms with van der Waals surface area (Å²) in [6.07, 6.45) is 0. The maximum absolute atomic E-state index is 5.73. The zero-order valence-electron chi connectivity index (χ0n) is 9.15. The van der Waals surface area contributed by atoms with E-state index in [4.69, 9.17) is 20.8 Å². The Bertz CT molecular complexity index is 657. The van der Waals surface area contributed by atoms with Gasteiger partial charge in [0.1, 0.15) is 23.5 Å². The van der Waals surface area contributed by atoms with Gasteiger partial charge in [-0.15, -0.1) is 11.6 Å². The van der Waals surface area contributed by atoms with E-state index in [1.165, 1.54) is 0 Å². The summed E-state index contributed by atoms with van der Waals surface area (Å²) in [6.45, 7) is 0.517. The predicted molar refractivity (Wildman–Crippen MR) is 69.9 cm³/mol. The molecule has 0 fully saturated rings. The van der Waals surface area contributed by atoms with Crippen LogP contribution in [0.15, 0.2) is 46.9 Å². The van der Waals surface area contributed by atoms with Crippen LogP contribution in [0.25, 0.3) is 21.9 Å². The lowest BCUT2D eigenvalue weighted by molar-refractivity contribution is 0.343. The van der Waals surface area contributed by atoms with Gasteiger partial charge in [0.25, 0.3) is 0 Å². The molecule has 86 valence electrons. The van der Waals surface area contributed by atoms with Gasteiger partial charge in [0.2, 0.25) is 0 Å². The molecule has 0 N–H and O–H groups in total. The molecule has 0 aliphatic carbocycles. The monoisotopic (exact) mass is 246 g/mol. The van der Waals surface area contributed by atoms with Gasteiger partial charge in [-0.3, -0.25) is 0 Å². The van der Waals surface area contributed by atoms with Crippen molar-refractivity contribution in [2.24, 2.45) is 0 Å². The summed E-state index contributed by atoms with van der Waals surface area (Å²) < 4.78 is 11.2. The topological polar surface area (TPSA) is 22.4 Å². The second-order valence-electron chi connectivity index (χ2n) is 3.79. The van der Waals surface area contributed by atoms with E-state index in [0.29, 0.717) is 12.5 Å². The van der Waals surface area contributed by atoms with Gasteiger partial charge in [0.05, 0.1) is 5.88 Å². The Balaban J connectivity index is 2.16. The molecule has 0 saturated carbocycles. The molecule has 1 heterocycles. The van der Waals surface area contributed by atoms with E-state index in [0.717, 1.165) is 27.7 Å². The van der Waals surface area contributed by atoms with Crippen LogP contribution in [0.4, 0.5) is 0 Å². The largest absolute Gasteiger partial charge is 0.492 e. The molecule has 1 aromatic heterocycles. The first-order valence-electron chi connectivity index (χ1n) is 5.48. The van der Waals surface area contributed by atoms with Gasteiger partial charge in [-0.25, -0.2) is 0 Å². The summed E-state index contributed by atoms with van der Waals surface area (Å²) in [5.41, 5.74) is 1.78. The van der Waals surface area contributed by atoms with Crippen molar-refractivity contribution in [3.8, 4) is 5.75 Å². The van der Waals surface area contributed by atoms with Crippen LogP contribution in [0.3, 0.4) is 0 Å². The number of ether oxygens (including phenoxy) is 1. The number of alkyl halides is 1. The zero-order valence-corrected chi connectivity index (χ0v) is 9.91. The Morgan fingerprint density at radius 2 is 1.82 bits per heavy atom. The molecule has 3 rings (SSSR count). The highest BCUT2D eigenvalue weighted by Crippen LogP contribution is 2.31. The van der Waals surface area contributed by atoms with Crippen LogP contribution < -0.4 is 4.74 Å². The van der Waals surface area contributed by atoms with Crippen LogP contribution >= 0.6 is 11.6 Å². The standard InChI is InChI=1S/C14H11ClO2/c15-7-8-16-10-5-6-14-12(9-10)11-3-1-2-4-13(11)17-14/h1-6,9H,7-8H2. The van der Waals surface area contributed by atoms with Crippen LogP contribution in [0.2, 0.25) is 0 Å². The highest BCUT2D eigenvalue weighted by atomic mass is 35.5. The third kappa shape index (κ3) is 1.85. The number of rotatable bonds is 3. The average molecular weight is 247 g/mol. The van der Waals surface area contributed by atoms with Crippen molar-refractivity contribution in [3.05, 3.63) is 42.5 Å². The van der Waals surface area contributed by atoms with Crippen molar-refractivity contribution in [2.75, 3.05) is 12.5 Å². The van der Waals surface area contributed by atoms with Gasteiger partial charge < -0.3 is 9.15 Å². The molecule has 17 heavy (non-hydrogen) atoms. The summed E-state index contributed by atoms with van der Waals surface area (Å²) in [5.74, 6) is 1.31. The van der Waals surface area contributed by atoms with E-state index in [9.17, 15) is 0 Å². The zero-order chi connectivity index (χ0) is 11.7. The Morgan fingerprint density at radius 1 is 1.00 bits per heavy atom. The SMILES string of the molecule is ClCCOc1ccc2oc3ccccc3c2c1. The molecule has 0 unspecified atom stereocenters. The van der Waals surface area contributed by atoms with Crippen LogP contribution in [-0.4, -0.2) is 12.5 Å². The van der Waals surface area contributed by atoms with Gasteiger partial charge in [0, 0.05) is 10.8 Å². The first-order valence-corrected chi connectivity index (χ1v) is 6.02. The highest BCUT2D eigenvalue weighted by Gasteiger charge is 2.06. The molecule has 3 aromatic rings. The summed E-state index contributed by atoms with van der Waals surface area (Å²) in [4.78, 5) is 0. The van der Waals surface area contributed by atoms with Crippen molar-refractivity contribution in [3.63, 3.8) is 0 Å². The minimum atomic E-state index is 0.490. The predicted octanol–water partition coefficient (Wildman–Crippen LogP) is 4.20.